The summed E-state index contributed by atoms with van der Waals surface area (Å²) in [5, 5.41) is 8.66. The van der Waals surface area contributed by atoms with Gasteiger partial charge in [0.2, 0.25) is 0 Å². The summed E-state index contributed by atoms with van der Waals surface area (Å²) >= 11 is 0. The molecule has 0 radical (unpaired) electrons. The van der Waals surface area contributed by atoms with Crippen molar-refractivity contribution in [2.75, 3.05) is 0 Å². The Morgan fingerprint density at radius 2 is 1.76 bits per heavy atom. The third-order valence-electron chi connectivity index (χ3n) is 3.47. The molecule has 1 aromatic rings. The minimum Gasteiger partial charge on any atom is -0.481 e. The standard InChI is InChI=1S/C14H17FO2/c15-14(8-2-1-3-9-14)12-6-4-11(5-7-12)10-13(16)17/h4-7H,1-3,8-10H2,(H,16,17). The second-order valence-corrected chi connectivity index (χ2v) is 4.79. The first-order chi connectivity index (χ1) is 8.10. The monoisotopic (exact) mass is 236 g/mol. The maximum Gasteiger partial charge on any atom is 0.307 e. The lowest BCUT2D eigenvalue weighted by molar-refractivity contribution is -0.136. The third-order valence-corrected chi connectivity index (χ3v) is 3.47. The third kappa shape index (κ3) is 2.84. The van der Waals surface area contributed by atoms with Crippen LogP contribution in [0.2, 0.25) is 0 Å². The molecular formula is C14H17FO2. The molecule has 0 heterocycles. The number of carbonyl (C=O) groups is 1. The smallest absolute Gasteiger partial charge is 0.307 e. The van der Waals surface area contributed by atoms with E-state index in [0.717, 1.165) is 24.8 Å². The molecule has 17 heavy (non-hydrogen) atoms. The Balaban J connectivity index is 2.13. The van der Waals surface area contributed by atoms with E-state index >= 15 is 0 Å². The van der Waals surface area contributed by atoms with Crippen molar-refractivity contribution in [3.8, 4) is 0 Å². The maximum atomic E-state index is 14.6. The molecule has 1 aliphatic carbocycles. The zero-order valence-corrected chi connectivity index (χ0v) is 9.79. The maximum absolute atomic E-state index is 14.6. The van der Waals surface area contributed by atoms with Gasteiger partial charge in [0.1, 0.15) is 5.67 Å². The molecule has 1 N–H and O–H groups in total. The van der Waals surface area contributed by atoms with Gasteiger partial charge in [-0.25, -0.2) is 4.39 Å². The minimum absolute atomic E-state index is 0.000431. The lowest BCUT2D eigenvalue weighted by Crippen LogP contribution is -2.23. The molecule has 2 nitrogen and oxygen atoms in total. The van der Waals surface area contributed by atoms with Gasteiger partial charge in [-0.1, -0.05) is 30.7 Å². The lowest BCUT2D eigenvalue weighted by Gasteiger charge is -2.29. The number of hydrogen-bond acceptors (Lipinski definition) is 1. The summed E-state index contributed by atoms with van der Waals surface area (Å²) in [6.07, 6.45) is 4.17. The SMILES string of the molecule is O=C(O)Cc1ccc(C2(F)CCCCC2)cc1. The van der Waals surface area contributed by atoms with Gasteiger partial charge in [-0.3, -0.25) is 4.79 Å². The number of hydrogen-bond donors (Lipinski definition) is 1. The fourth-order valence-corrected chi connectivity index (χ4v) is 2.50. The van der Waals surface area contributed by atoms with E-state index in [4.69, 9.17) is 5.11 Å². The van der Waals surface area contributed by atoms with Gasteiger partial charge in [0.05, 0.1) is 6.42 Å². The highest BCUT2D eigenvalue weighted by Gasteiger charge is 2.33. The van der Waals surface area contributed by atoms with E-state index in [1.807, 2.05) is 0 Å². The first-order valence-corrected chi connectivity index (χ1v) is 6.10. The van der Waals surface area contributed by atoms with Gasteiger partial charge >= 0.3 is 5.97 Å². The highest BCUT2D eigenvalue weighted by atomic mass is 19.1. The van der Waals surface area contributed by atoms with Crippen LogP contribution in [0.15, 0.2) is 24.3 Å². The van der Waals surface area contributed by atoms with Crippen LogP contribution in [0.3, 0.4) is 0 Å². The van der Waals surface area contributed by atoms with Gasteiger partial charge in [0, 0.05) is 0 Å². The average Bonchev–Trinajstić information content (AvgIpc) is 2.30. The lowest BCUT2D eigenvalue weighted by atomic mass is 9.81. The van der Waals surface area contributed by atoms with Crippen molar-refractivity contribution in [1.29, 1.82) is 0 Å². The Hall–Kier alpha value is -1.38. The molecule has 0 bridgehead atoms. The molecule has 1 fully saturated rings. The fourth-order valence-electron chi connectivity index (χ4n) is 2.50. The summed E-state index contributed by atoms with van der Waals surface area (Å²) in [4.78, 5) is 10.5. The number of carboxylic acids is 1. The first-order valence-electron chi connectivity index (χ1n) is 6.10. The first kappa shape index (κ1) is 12.1. The van der Waals surface area contributed by atoms with E-state index in [9.17, 15) is 9.18 Å². The Bertz CT molecular complexity index is 391. The largest absolute Gasteiger partial charge is 0.481 e. The van der Waals surface area contributed by atoms with Crippen LogP contribution in [-0.2, 0) is 16.9 Å². The van der Waals surface area contributed by atoms with Crippen LogP contribution in [0.25, 0.3) is 0 Å². The summed E-state index contributed by atoms with van der Waals surface area (Å²) in [6.45, 7) is 0. The molecule has 1 aliphatic rings. The van der Waals surface area contributed by atoms with E-state index in [-0.39, 0.29) is 6.42 Å². The Morgan fingerprint density at radius 3 is 2.29 bits per heavy atom. The van der Waals surface area contributed by atoms with Crippen LogP contribution in [0, 0.1) is 0 Å². The van der Waals surface area contributed by atoms with Crippen molar-refractivity contribution in [2.45, 2.75) is 44.2 Å². The second kappa shape index (κ2) is 4.86. The molecule has 1 saturated carbocycles. The summed E-state index contributed by atoms with van der Waals surface area (Å²) in [7, 11) is 0. The molecule has 0 atom stereocenters. The summed E-state index contributed by atoms with van der Waals surface area (Å²) in [5.41, 5.74) is 0.229. The molecule has 0 amide bonds. The molecule has 0 aromatic heterocycles. The van der Waals surface area contributed by atoms with Crippen LogP contribution in [-0.4, -0.2) is 11.1 Å². The summed E-state index contributed by atoms with van der Waals surface area (Å²) < 4.78 is 14.6. The minimum atomic E-state index is -1.19. The van der Waals surface area contributed by atoms with Crippen molar-refractivity contribution in [1.82, 2.24) is 0 Å². The molecule has 3 heteroatoms. The number of benzene rings is 1. The van der Waals surface area contributed by atoms with Crippen LogP contribution in [0.1, 0.15) is 43.2 Å². The van der Waals surface area contributed by atoms with Crippen molar-refractivity contribution in [3.63, 3.8) is 0 Å². The van der Waals surface area contributed by atoms with E-state index in [1.54, 1.807) is 24.3 Å². The molecule has 0 unspecified atom stereocenters. The highest BCUT2D eigenvalue weighted by Crippen LogP contribution is 2.40. The Kier molecular flexibility index (Phi) is 3.46. The fraction of sp³-hybridized carbons (Fsp3) is 0.500. The number of halogens is 1. The van der Waals surface area contributed by atoms with Crippen LogP contribution < -0.4 is 0 Å². The predicted molar refractivity (Wildman–Crippen MR) is 63.7 cm³/mol. The molecule has 2 rings (SSSR count). The normalized spacial score (nSPS) is 18.9. The molecule has 0 aliphatic heterocycles. The predicted octanol–water partition coefficient (Wildman–Crippen LogP) is 3.44. The van der Waals surface area contributed by atoms with Crippen LogP contribution >= 0.6 is 0 Å². The highest BCUT2D eigenvalue weighted by molar-refractivity contribution is 5.70. The topological polar surface area (TPSA) is 37.3 Å². The van der Waals surface area contributed by atoms with Crippen LogP contribution in [0.5, 0.6) is 0 Å². The zero-order chi connectivity index (χ0) is 12.3. The van der Waals surface area contributed by atoms with Crippen molar-refractivity contribution < 1.29 is 14.3 Å². The van der Waals surface area contributed by atoms with Crippen molar-refractivity contribution >= 4 is 5.97 Å². The summed E-state index contributed by atoms with van der Waals surface area (Å²) in [5.74, 6) is -0.856. The second-order valence-electron chi connectivity index (χ2n) is 4.79. The van der Waals surface area contributed by atoms with Crippen molar-refractivity contribution in [2.24, 2.45) is 0 Å². The zero-order valence-electron chi connectivity index (χ0n) is 9.79. The number of rotatable bonds is 3. The van der Waals surface area contributed by atoms with Gasteiger partial charge < -0.3 is 5.11 Å². The van der Waals surface area contributed by atoms with Crippen molar-refractivity contribution in [3.05, 3.63) is 35.4 Å². The van der Waals surface area contributed by atoms with E-state index < -0.39 is 11.6 Å². The van der Waals surface area contributed by atoms with Crippen LogP contribution in [0.4, 0.5) is 4.39 Å². The number of carboxylic acid groups (broad SMARTS) is 1. The van der Waals surface area contributed by atoms with Gasteiger partial charge in [0.25, 0.3) is 0 Å². The van der Waals surface area contributed by atoms with Gasteiger partial charge in [0.15, 0.2) is 0 Å². The average molecular weight is 236 g/mol. The Labute approximate surface area is 100 Å². The molecular weight excluding hydrogens is 219 g/mol. The van der Waals surface area contributed by atoms with Gasteiger partial charge in [-0.2, -0.15) is 0 Å². The van der Waals surface area contributed by atoms with E-state index in [2.05, 4.69) is 0 Å². The summed E-state index contributed by atoms with van der Waals surface area (Å²) in [6, 6.07) is 6.92. The number of aliphatic carboxylic acids is 1. The number of alkyl halides is 1. The molecule has 0 saturated heterocycles. The molecule has 92 valence electrons. The van der Waals surface area contributed by atoms with Gasteiger partial charge in [-0.15, -0.1) is 0 Å². The van der Waals surface area contributed by atoms with E-state index in [0.29, 0.717) is 18.4 Å². The van der Waals surface area contributed by atoms with E-state index in [1.165, 1.54) is 0 Å². The Morgan fingerprint density at radius 1 is 1.18 bits per heavy atom. The molecule has 1 aromatic carbocycles. The van der Waals surface area contributed by atoms with Gasteiger partial charge in [-0.05, 0) is 36.8 Å². The quantitative estimate of drug-likeness (QED) is 0.872. The molecule has 0 spiro atoms.